The lowest BCUT2D eigenvalue weighted by atomic mass is 9.87. The van der Waals surface area contributed by atoms with E-state index in [-0.39, 0.29) is 18.4 Å². The van der Waals surface area contributed by atoms with Crippen LogP contribution in [0.2, 0.25) is 0 Å². The summed E-state index contributed by atoms with van der Waals surface area (Å²) in [5.74, 6) is -0.516. The van der Waals surface area contributed by atoms with Crippen LogP contribution in [-0.2, 0) is 9.59 Å². The Morgan fingerprint density at radius 3 is 2.48 bits per heavy atom. The molecule has 23 heavy (non-hydrogen) atoms. The van der Waals surface area contributed by atoms with Crippen LogP contribution in [-0.4, -0.2) is 24.3 Å². The maximum absolute atomic E-state index is 11.8. The van der Waals surface area contributed by atoms with Gasteiger partial charge in [0.2, 0.25) is 5.91 Å². The molecule has 0 atom stereocenters. The predicted octanol–water partition coefficient (Wildman–Crippen LogP) is 2.36. The molecule has 1 saturated carbocycles. The molecule has 2 rings (SSSR count). The van der Waals surface area contributed by atoms with Gasteiger partial charge in [0.05, 0.1) is 15.2 Å². The van der Waals surface area contributed by atoms with E-state index >= 15 is 0 Å². The van der Waals surface area contributed by atoms with Crippen molar-refractivity contribution in [3.05, 3.63) is 20.8 Å². The fourth-order valence-electron chi connectivity index (χ4n) is 2.57. The molecule has 8 heteroatoms. The van der Waals surface area contributed by atoms with Gasteiger partial charge in [-0.1, -0.05) is 19.3 Å². The number of hydrazine groups is 1. The second-order valence-electron chi connectivity index (χ2n) is 5.59. The Kier molecular flexibility index (Phi) is 7.04. The molecule has 1 fully saturated rings. The van der Waals surface area contributed by atoms with Gasteiger partial charge in [-0.05, 0) is 46.8 Å². The number of amides is 3. The number of rotatable bonds is 5. The molecule has 1 aromatic rings. The van der Waals surface area contributed by atoms with E-state index in [0.29, 0.717) is 17.2 Å². The lowest BCUT2D eigenvalue weighted by Gasteiger charge is -2.20. The zero-order valence-corrected chi connectivity index (χ0v) is 15.1. The van der Waals surface area contributed by atoms with Gasteiger partial charge in [-0.15, -0.1) is 11.3 Å². The van der Waals surface area contributed by atoms with Crippen molar-refractivity contribution in [2.45, 2.75) is 38.5 Å². The van der Waals surface area contributed by atoms with Gasteiger partial charge in [-0.2, -0.15) is 0 Å². The fourth-order valence-corrected chi connectivity index (χ4v) is 3.85. The zero-order chi connectivity index (χ0) is 16.7. The first-order valence-electron chi connectivity index (χ1n) is 7.66. The van der Waals surface area contributed by atoms with Gasteiger partial charge in [-0.25, -0.2) is 0 Å². The van der Waals surface area contributed by atoms with Crippen molar-refractivity contribution in [1.82, 2.24) is 16.2 Å². The molecule has 1 aliphatic rings. The summed E-state index contributed by atoms with van der Waals surface area (Å²) in [5, 5.41) is 2.59. The van der Waals surface area contributed by atoms with Crippen molar-refractivity contribution in [3.63, 3.8) is 0 Å². The summed E-state index contributed by atoms with van der Waals surface area (Å²) in [6.07, 6.45) is 6.27. The maximum atomic E-state index is 11.8. The van der Waals surface area contributed by atoms with Gasteiger partial charge < -0.3 is 5.32 Å². The normalized spacial score (nSPS) is 15.0. The van der Waals surface area contributed by atoms with Crippen LogP contribution in [0, 0.1) is 5.92 Å². The van der Waals surface area contributed by atoms with E-state index in [1.165, 1.54) is 30.6 Å². The predicted molar refractivity (Wildman–Crippen MR) is 91.8 cm³/mol. The van der Waals surface area contributed by atoms with Gasteiger partial charge in [-0.3, -0.25) is 25.2 Å². The molecular formula is C15H20BrN3O3S. The highest BCUT2D eigenvalue weighted by Crippen LogP contribution is 2.26. The third-order valence-corrected chi connectivity index (χ3v) is 5.38. The van der Waals surface area contributed by atoms with E-state index in [1.54, 1.807) is 12.1 Å². The molecule has 0 aromatic carbocycles. The molecule has 0 aliphatic heterocycles. The van der Waals surface area contributed by atoms with Gasteiger partial charge in [0.25, 0.3) is 11.8 Å². The largest absolute Gasteiger partial charge is 0.347 e. The molecule has 3 amide bonds. The zero-order valence-electron chi connectivity index (χ0n) is 12.7. The minimum atomic E-state index is -0.453. The highest BCUT2D eigenvalue weighted by Gasteiger charge is 2.17. The Morgan fingerprint density at radius 2 is 1.83 bits per heavy atom. The van der Waals surface area contributed by atoms with E-state index in [9.17, 15) is 14.4 Å². The number of hydrogen-bond acceptors (Lipinski definition) is 4. The van der Waals surface area contributed by atoms with Crippen LogP contribution in [0.4, 0.5) is 0 Å². The maximum Gasteiger partial charge on any atom is 0.279 e. The number of thiophene rings is 1. The van der Waals surface area contributed by atoms with Crippen molar-refractivity contribution in [2.75, 3.05) is 6.54 Å². The number of nitrogens with one attached hydrogen (secondary N) is 3. The number of carbonyl (C=O) groups is 3. The second kappa shape index (κ2) is 9.02. The summed E-state index contributed by atoms with van der Waals surface area (Å²) in [7, 11) is 0. The fraction of sp³-hybridized carbons (Fsp3) is 0.533. The molecule has 6 nitrogen and oxygen atoms in total. The molecule has 1 heterocycles. The minimum Gasteiger partial charge on any atom is -0.347 e. The third-order valence-electron chi connectivity index (χ3n) is 3.76. The van der Waals surface area contributed by atoms with Crippen LogP contribution in [0.5, 0.6) is 0 Å². The van der Waals surface area contributed by atoms with E-state index in [2.05, 4.69) is 32.1 Å². The Balaban J connectivity index is 1.62. The second-order valence-corrected chi connectivity index (χ2v) is 8.05. The smallest absolute Gasteiger partial charge is 0.279 e. The van der Waals surface area contributed by atoms with Crippen LogP contribution < -0.4 is 16.2 Å². The van der Waals surface area contributed by atoms with Crippen molar-refractivity contribution in [2.24, 2.45) is 5.92 Å². The summed E-state index contributed by atoms with van der Waals surface area (Å²) in [5.41, 5.74) is 4.60. The van der Waals surface area contributed by atoms with E-state index in [1.807, 2.05) is 0 Å². The van der Waals surface area contributed by atoms with Crippen LogP contribution in [0.25, 0.3) is 0 Å². The Morgan fingerprint density at radius 1 is 1.09 bits per heavy atom. The molecule has 0 spiro atoms. The Labute approximate surface area is 147 Å². The Hall–Kier alpha value is -1.41. The molecular weight excluding hydrogens is 382 g/mol. The van der Waals surface area contributed by atoms with Crippen LogP contribution in [0.1, 0.15) is 48.2 Å². The monoisotopic (exact) mass is 401 g/mol. The molecule has 126 valence electrons. The molecule has 3 N–H and O–H groups in total. The first kappa shape index (κ1) is 17.9. The first-order valence-corrected chi connectivity index (χ1v) is 9.27. The summed E-state index contributed by atoms with van der Waals surface area (Å²) in [6.45, 7) is -0.139. The van der Waals surface area contributed by atoms with Gasteiger partial charge in [0.1, 0.15) is 0 Å². The molecule has 0 bridgehead atoms. The SMILES string of the molecule is O=C(CC1CCCCC1)NCC(=O)NNC(=O)c1ccc(Br)s1. The quantitative estimate of drug-likeness (QED) is 0.661. The summed E-state index contributed by atoms with van der Waals surface area (Å²) >= 11 is 4.53. The van der Waals surface area contributed by atoms with Gasteiger partial charge in [0.15, 0.2) is 0 Å². The van der Waals surface area contributed by atoms with Crippen molar-refractivity contribution in [1.29, 1.82) is 0 Å². The van der Waals surface area contributed by atoms with Crippen molar-refractivity contribution in [3.8, 4) is 0 Å². The molecule has 0 saturated heterocycles. The molecule has 1 aromatic heterocycles. The standard InChI is InChI=1S/C15H20BrN3O3S/c16-12-7-6-11(23-12)15(22)19-18-14(21)9-17-13(20)8-10-4-2-1-3-5-10/h6-7,10H,1-5,8-9H2,(H,17,20)(H,18,21)(H,19,22). The van der Waals surface area contributed by atoms with Crippen LogP contribution >= 0.6 is 27.3 Å². The van der Waals surface area contributed by atoms with Gasteiger partial charge in [0, 0.05) is 6.42 Å². The van der Waals surface area contributed by atoms with Crippen LogP contribution in [0.3, 0.4) is 0 Å². The van der Waals surface area contributed by atoms with E-state index < -0.39 is 5.91 Å². The van der Waals surface area contributed by atoms with Gasteiger partial charge >= 0.3 is 0 Å². The lowest BCUT2D eigenvalue weighted by Crippen LogP contribution is -2.46. The average Bonchev–Trinajstić information content (AvgIpc) is 2.98. The first-order chi connectivity index (χ1) is 11.0. The number of hydrogen-bond donors (Lipinski definition) is 3. The average molecular weight is 402 g/mol. The van der Waals surface area contributed by atoms with E-state index in [4.69, 9.17) is 0 Å². The third kappa shape index (κ3) is 6.31. The highest BCUT2D eigenvalue weighted by molar-refractivity contribution is 9.11. The Bertz CT molecular complexity index is 570. The highest BCUT2D eigenvalue weighted by atomic mass is 79.9. The van der Waals surface area contributed by atoms with E-state index in [0.717, 1.165) is 16.6 Å². The molecule has 0 unspecified atom stereocenters. The summed E-state index contributed by atoms with van der Waals surface area (Å²) in [4.78, 5) is 35.7. The molecule has 1 aliphatic carbocycles. The lowest BCUT2D eigenvalue weighted by molar-refractivity contribution is -0.127. The number of carbonyl (C=O) groups excluding carboxylic acids is 3. The van der Waals surface area contributed by atoms with Crippen LogP contribution in [0.15, 0.2) is 15.9 Å². The number of halogens is 1. The van der Waals surface area contributed by atoms with Crippen molar-refractivity contribution < 1.29 is 14.4 Å². The minimum absolute atomic E-state index is 0.111. The topological polar surface area (TPSA) is 87.3 Å². The molecule has 0 radical (unpaired) electrons. The summed E-state index contributed by atoms with van der Waals surface area (Å²) < 4.78 is 0.837. The summed E-state index contributed by atoms with van der Waals surface area (Å²) in [6, 6.07) is 3.41. The van der Waals surface area contributed by atoms with Crippen molar-refractivity contribution >= 4 is 45.0 Å².